The van der Waals surface area contributed by atoms with E-state index in [4.69, 9.17) is 0 Å². The van der Waals surface area contributed by atoms with Crippen molar-refractivity contribution in [2.75, 3.05) is 0 Å². The average Bonchev–Trinajstić information content (AvgIpc) is 2.51. The molecule has 0 aliphatic rings. The standard InChI is InChI=1S/C6H4F3NO3S2/c7-6(8,9)15(12,13)10-5(11)4-1-2-14-3-4/h1-3H,(H,10,11). The van der Waals surface area contributed by atoms with Gasteiger partial charge in [0, 0.05) is 5.38 Å². The van der Waals surface area contributed by atoms with Crippen LogP contribution in [0.2, 0.25) is 0 Å². The van der Waals surface area contributed by atoms with E-state index in [1.807, 2.05) is 0 Å². The zero-order chi connectivity index (χ0) is 11.7. The molecule has 84 valence electrons. The maximum absolute atomic E-state index is 11.8. The van der Waals surface area contributed by atoms with Crippen molar-refractivity contribution in [3.05, 3.63) is 22.4 Å². The van der Waals surface area contributed by atoms with Crippen molar-refractivity contribution in [3.8, 4) is 0 Å². The highest BCUT2D eigenvalue weighted by Gasteiger charge is 2.47. The van der Waals surface area contributed by atoms with E-state index in [2.05, 4.69) is 0 Å². The molecular weight excluding hydrogens is 255 g/mol. The van der Waals surface area contributed by atoms with Gasteiger partial charge in [-0.25, -0.2) is 4.72 Å². The normalized spacial score (nSPS) is 12.5. The van der Waals surface area contributed by atoms with Gasteiger partial charge in [-0.1, -0.05) is 0 Å². The van der Waals surface area contributed by atoms with Crippen LogP contribution in [0.3, 0.4) is 0 Å². The molecule has 0 fully saturated rings. The lowest BCUT2D eigenvalue weighted by molar-refractivity contribution is -0.0446. The van der Waals surface area contributed by atoms with Gasteiger partial charge in [0.1, 0.15) is 0 Å². The molecule has 0 aromatic carbocycles. The average molecular weight is 259 g/mol. The molecule has 0 aliphatic carbocycles. The Morgan fingerprint density at radius 3 is 2.40 bits per heavy atom. The Bertz CT molecular complexity index is 448. The van der Waals surface area contributed by atoms with Gasteiger partial charge >= 0.3 is 15.5 Å². The van der Waals surface area contributed by atoms with E-state index >= 15 is 0 Å². The second kappa shape index (κ2) is 3.81. The Morgan fingerprint density at radius 2 is 2.00 bits per heavy atom. The second-order valence-corrected chi connectivity index (χ2v) is 4.85. The fraction of sp³-hybridized carbons (Fsp3) is 0.167. The van der Waals surface area contributed by atoms with Crippen LogP contribution in [0.4, 0.5) is 13.2 Å². The van der Waals surface area contributed by atoms with Crippen LogP contribution in [0.1, 0.15) is 10.4 Å². The monoisotopic (exact) mass is 259 g/mol. The summed E-state index contributed by atoms with van der Waals surface area (Å²) in [6.45, 7) is 0. The minimum Gasteiger partial charge on any atom is -0.268 e. The number of nitrogens with one attached hydrogen (secondary N) is 1. The van der Waals surface area contributed by atoms with Gasteiger partial charge in [0.2, 0.25) is 0 Å². The molecule has 1 rings (SSSR count). The highest BCUT2D eigenvalue weighted by Crippen LogP contribution is 2.22. The number of rotatable bonds is 2. The van der Waals surface area contributed by atoms with E-state index in [-0.39, 0.29) is 5.56 Å². The van der Waals surface area contributed by atoms with Crippen molar-refractivity contribution in [3.63, 3.8) is 0 Å². The maximum atomic E-state index is 11.8. The van der Waals surface area contributed by atoms with E-state index in [0.717, 1.165) is 16.1 Å². The van der Waals surface area contributed by atoms with Crippen LogP contribution in [0, 0.1) is 0 Å². The third-order valence-electron chi connectivity index (χ3n) is 1.32. The van der Waals surface area contributed by atoms with E-state index in [9.17, 15) is 26.4 Å². The predicted molar refractivity (Wildman–Crippen MR) is 46.8 cm³/mol. The number of sulfonamides is 1. The highest BCUT2D eigenvalue weighted by atomic mass is 32.2. The third-order valence-corrected chi connectivity index (χ3v) is 3.06. The Morgan fingerprint density at radius 1 is 1.40 bits per heavy atom. The van der Waals surface area contributed by atoms with Crippen molar-refractivity contribution in [1.82, 2.24) is 4.72 Å². The SMILES string of the molecule is O=C(NS(=O)(=O)C(F)(F)F)c1ccsc1. The predicted octanol–water partition coefficient (Wildman–Crippen LogP) is 1.33. The Hall–Kier alpha value is -1.09. The number of hydrogen-bond acceptors (Lipinski definition) is 4. The first-order chi connectivity index (χ1) is 6.74. The summed E-state index contributed by atoms with van der Waals surface area (Å²) >= 11 is 1.06. The molecule has 1 heterocycles. The lowest BCUT2D eigenvalue weighted by atomic mass is 10.3. The molecule has 4 nitrogen and oxygen atoms in total. The molecule has 0 radical (unpaired) electrons. The number of alkyl halides is 3. The van der Waals surface area contributed by atoms with Crippen LogP contribution >= 0.6 is 11.3 Å². The van der Waals surface area contributed by atoms with Crippen LogP contribution in [-0.4, -0.2) is 19.8 Å². The van der Waals surface area contributed by atoms with Gasteiger partial charge < -0.3 is 0 Å². The topological polar surface area (TPSA) is 63.2 Å². The smallest absolute Gasteiger partial charge is 0.268 e. The quantitative estimate of drug-likeness (QED) is 0.871. The summed E-state index contributed by atoms with van der Waals surface area (Å²) in [6, 6.07) is 1.21. The van der Waals surface area contributed by atoms with Crippen LogP contribution < -0.4 is 4.72 Å². The molecule has 0 unspecified atom stereocenters. The fourth-order valence-corrected chi connectivity index (χ4v) is 1.75. The summed E-state index contributed by atoms with van der Waals surface area (Å²) in [5.74, 6) is -1.30. The molecule has 9 heteroatoms. The van der Waals surface area contributed by atoms with Gasteiger partial charge in [0.25, 0.3) is 5.91 Å². The number of hydrogen-bond donors (Lipinski definition) is 1. The molecule has 1 aromatic heterocycles. The zero-order valence-electron chi connectivity index (χ0n) is 6.91. The van der Waals surface area contributed by atoms with E-state index < -0.39 is 21.4 Å². The molecule has 0 saturated carbocycles. The van der Waals surface area contributed by atoms with E-state index in [0.29, 0.717) is 0 Å². The molecule has 1 aromatic rings. The van der Waals surface area contributed by atoms with Crippen molar-refractivity contribution in [2.45, 2.75) is 5.51 Å². The van der Waals surface area contributed by atoms with Crippen molar-refractivity contribution < 1.29 is 26.4 Å². The summed E-state index contributed by atoms with van der Waals surface area (Å²) in [5, 5.41) is 2.68. The summed E-state index contributed by atoms with van der Waals surface area (Å²) in [7, 11) is -5.62. The first-order valence-electron chi connectivity index (χ1n) is 3.39. The van der Waals surface area contributed by atoms with Gasteiger partial charge in [0.05, 0.1) is 5.56 Å². The number of thiophene rings is 1. The number of carbonyl (C=O) groups excluding carboxylic acids is 1. The first-order valence-corrected chi connectivity index (χ1v) is 5.82. The lowest BCUT2D eigenvalue weighted by Gasteiger charge is -2.08. The van der Waals surface area contributed by atoms with Crippen molar-refractivity contribution >= 4 is 27.3 Å². The Labute approximate surface area is 86.8 Å². The van der Waals surface area contributed by atoms with E-state index in [1.165, 1.54) is 16.8 Å². The first kappa shape index (κ1) is 12.0. The fourth-order valence-electron chi connectivity index (χ4n) is 0.632. The summed E-state index contributed by atoms with van der Waals surface area (Å²) in [6.07, 6.45) is 0. The van der Waals surface area contributed by atoms with Gasteiger partial charge in [0.15, 0.2) is 0 Å². The zero-order valence-corrected chi connectivity index (χ0v) is 8.54. The van der Waals surface area contributed by atoms with Crippen molar-refractivity contribution in [2.24, 2.45) is 0 Å². The molecule has 0 aliphatic heterocycles. The van der Waals surface area contributed by atoms with Crippen LogP contribution in [0.15, 0.2) is 16.8 Å². The van der Waals surface area contributed by atoms with Gasteiger partial charge in [-0.3, -0.25) is 4.79 Å². The minimum atomic E-state index is -5.62. The molecule has 0 saturated heterocycles. The van der Waals surface area contributed by atoms with Gasteiger partial charge in [-0.2, -0.15) is 32.9 Å². The van der Waals surface area contributed by atoms with E-state index in [1.54, 1.807) is 0 Å². The highest BCUT2D eigenvalue weighted by molar-refractivity contribution is 7.90. The van der Waals surface area contributed by atoms with Crippen LogP contribution in [0.5, 0.6) is 0 Å². The van der Waals surface area contributed by atoms with Crippen molar-refractivity contribution in [1.29, 1.82) is 0 Å². The summed E-state index contributed by atoms with van der Waals surface area (Å²) in [4.78, 5) is 11.0. The number of carbonyl (C=O) groups is 1. The number of halogens is 3. The summed E-state index contributed by atoms with van der Waals surface area (Å²) < 4.78 is 57.4. The largest absolute Gasteiger partial charge is 0.516 e. The maximum Gasteiger partial charge on any atom is 0.516 e. The molecule has 0 spiro atoms. The third kappa shape index (κ3) is 2.69. The molecular formula is C6H4F3NO3S2. The number of amides is 1. The summed E-state index contributed by atoms with van der Waals surface area (Å²) in [5.41, 5.74) is -5.62. The lowest BCUT2D eigenvalue weighted by Crippen LogP contribution is -2.40. The van der Waals surface area contributed by atoms with Gasteiger partial charge in [-0.05, 0) is 11.4 Å². The Kier molecular flexibility index (Phi) is 3.05. The minimum absolute atomic E-state index is 0.132. The van der Waals surface area contributed by atoms with Crippen LogP contribution in [-0.2, 0) is 10.0 Å². The molecule has 1 amide bonds. The Balaban J connectivity index is 2.85. The molecule has 0 bridgehead atoms. The molecule has 15 heavy (non-hydrogen) atoms. The second-order valence-electron chi connectivity index (χ2n) is 2.39. The molecule has 0 atom stereocenters. The van der Waals surface area contributed by atoms with Gasteiger partial charge in [-0.15, -0.1) is 0 Å². The molecule has 1 N–H and O–H groups in total. The van der Waals surface area contributed by atoms with Crippen LogP contribution in [0.25, 0.3) is 0 Å².